The van der Waals surface area contributed by atoms with Crippen LogP contribution in [0.5, 0.6) is 0 Å². The number of aromatic nitrogens is 1. The van der Waals surface area contributed by atoms with Crippen LogP contribution in [0.15, 0.2) is 23.3 Å². The van der Waals surface area contributed by atoms with Gasteiger partial charge in [-0.1, -0.05) is 13.0 Å². The minimum absolute atomic E-state index is 0.414. The highest BCUT2D eigenvalue weighted by atomic mass is 16.1. The molecule has 0 bridgehead atoms. The smallest absolute Gasteiger partial charge is 0.236 e. The lowest BCUT2D eigenvalue weighted by molar-refractivity contribution is 0.565. The Morgan fingerprint density at radius 3 is 2.91 bits per heavy atom. The van der Waals surface area contributed by atoms with Gasteiger partial charge in [0.2, 0.25) is 6.08 Å². The molecule has 0 spiro atoms. The average Bonchev–Trinajstić information content (AvgIpc) is 2.07. The summed E-state index contributed by atoms with van der Waals surface area (Å²) in [5.41, 5.74) is 1.13. The normalized spacial score (nSPS) is 8.82. The second-order valence-electron chi connectivity index (χ2n) is 2.08. The zero-order chi connectivity index (χ0) is 8.10. The predicted molar refractivity (Wildman–Crippen MR) is 41.4 cm³/mol. The van der Waals surface area contributed by atoms with E-state index < -0.39 is 0 Å². The van der Waals surface area contributed by atoms with E-state index in [-0.39, 0.29) is 0 Å². The molecule has 3 nitrogen and oxygen atoms in total. The highest BCUT2D eigenvalue weighted by molar-refractivity contribution is 5.44. The lowest BCUT2D eigenvalue weighted by Gasteiger charge is -1.93. The van der Waals surface area contributed by atoms with E-state index in [4.69, 9.17) is 0 Å². The van der Waals surface area contributed by atoms with Crippen LogP contribution in [-0.2, 0) is 11.2 Å². The highest BCUT2D eigenvalue weighted by Gasteiger charge is 1.90. The second-order valence-corrected chi connectivity index (χ2v) is 2.08. The first-order valence-electron chi connectivity index (χ1n) is 3.39. The second kappa shape index (κ2) is 3.64. The Labute approximate surface area is 64.8 Å². The Hall–Kier alpha value is -1.47. The SMILES string of the molecule is CCc1ccc(N=C=O)nc1. The van der Waals surface area contributed by atoms with Crippen molar-refractivity contribution in [3.8, 4) is 0 Å². The molecule has 1 heterocycles. The van der Waals surface area contributed by atoms with Crippen molar-refractivity contribution in [1.82, 2.24) is 4.98 Å². The first-order chi connectivity index (χ1) is 5.36. The maximum atomic E-state index is 9.80. The Bertz CT molecular complexity index is 273. The quantitative estimate of drug-likeness (QED) is 0.472. The number of isocyanates is 1. The molecule has 0 unspecified atom stereocenters. The number of hydrogen-bond acceptors (Lipinski definition) is 3. The molecule has 11 heavy (non-hydrogen) atoms. The van der Waals surface area contributed by atoms with Crippen molar-refractivity contribution in [2.24, 2.45) is 4.99 Å². The molecule has 0 aliphatic heterocycles. The van der Waals surface area contributed by atoms with E-state index >= 15 is 0 Å². The first kappa shape index (κ1) is 7.63. The fraction of sp³-hybridized carbons (Fsp3) is 0.250. The van der Waals surface area contributed by atoms with Crippen LogP contribution in [0.2, 0.25) is 0 Å². The molecule has 0 saturated carbocycles. The van der Waals surface area contributed by atoms with Crippen LogP contribution in [0.4, 0.5) is 5.82 Å². The third kappa shape index (κ3) is 1.99. The topological polar surface area (TPSA) is 42.3 Å². The van der Waals surface area contributed by atoms with Gasteiger partial charge >= 0.3 is 0 Å². The molecular weight excluding hydrogens is 140 g/mol. The monoisotopic (exact) mass is 148 g/mol. The summed E-state index contributed by atoms with van der Waals surface area (Å²) in [7, 11) is 0. The summed E-state index contributed by atoms with van der Waals surface area (Å²) < 4.78 is 0. The Morgan fingerprint density at radius 1 is 1.64 bits per heavy atom. The van der Waals surface area contributed by atoms with Gasteiger partial charge in [-0.2, -0.15) is 0 Å². The molecule has 0 aliphatic rings. The largest absolute Gasteiger partial charge is 0.242 e. The molecule has 0 saturated heterocycles. The summed E-state index contributed by atoms with van der Waals surface area (Å²) in [6.07, 6.45) is 4.08. The minimum Gasteiger partial charge on any atom is -0.236 e. The van der Waals surface area contributed by atoms with Gasteiger partial charge in [-0.05, 0) is 18.1 Å². The molecule has 1 aromatic rings. The fourth-order valence-corrected chi connectivity index (χ4v) is 0.739. The molecule has 0 aliphatic carbocycles. The Kier molecular flexibility index (Phi) is 2.53. The predicted octanol–water partition coefficient (Wildman–Crippen LogP) is 1.61. The van der Waals surface area contributed by atoms with Gasteiger partial charge in [0.1, 0.15) is 0 Å². The number of aryl methyl sites for hydroxylation is 1. The Balaban J connectivity index is 2.91. The number of hydrogen-bond donors (Lipinski definition) is 0. The van der Waals surface area contributed by atoms with Crippen molar-refractivity contribution in [1.29, 1.82) is 0 Å². The molecule has 0 atom stereocenters. The van der Waals surface area contributed by atoms with E-state index in [1.165, 1.54) is 6.08 Å². The molecule has 1 rings (SSSR count). The standard InChI is InChI=1S/C8H8N2O/c1-2-7-3-4-8(9-5-7)10-6-11/h3-5H,2H2,1H3. The average molecular weight is 148 g/mol. The third-order valence-electron chi connectivity index (χ3n) is 1.38. The first-order valence-corrected chi connectivity index (χ1v) is 3.39. The summed E-state index contributed by atoms with van der Waals surface area (Å²) in [5, 5.41) is 0. The molecule has 0 radical (unpaired) electrons. The molecule has 0 N–H and O–H groups in total. The molecule has 1 aromatic heterocycles. The van der Waals surface area contributed by atoms with Gasteiger partial charge in [-0.25, -0.2) is 9.78 Å². The number of rotatable bonds is 2. The van der Waals surface area contributed by atoms with E-state index in [1.54, 1.807) is 12.3 Å². The minimum atomic E-state index is 0.414. The van der Waals surface area contributed by atoms with E-state index in [0.29, 0.717) is 5.82 Å². The van der Waals surface area contributed by atoms with Gasteiger partial charge in [-0.15, -0.1) is 4.99 Å². The van der Waals surface area contributed by atoms with Crippen LogP contribution < -0.4 is 0 Å². The van der Waals surface area contributed by atoms with Gasteiger partial charge in [0.25, 0.3) is 0 Å². The van der Waals surface area contributed by atoms with Gasteiger partial charge in [0.15, 0.2) is 5.82 Å². The molecule has 0 fully saturated rings. The van der Waals surface area contributed by atoms with E-state index in [1.807, 2.05) is 13.0 Å². The lowest BCUT2D eigenvalue weighted by Crippen LogP contribution is -1.80. The van der Waals surface area contributed by atoms with E-state index in [0.717, 1.165) is 12.0 Å². The number of carbonyl (C=O) groups excluding carboxylic acids is 1. The van der Waals surface area contributed by atoms with Crippen LogP contribution >= 0.6 is 0 Å². The maximum absolute atomic E-state index is 9.80. The van der Waals surface area contributed by atoms with Crippen molar-refractivity contribution in [2.75, 3.05) is 0 Å². The number of nitrogens with zero attached hydrogens (tertiary/aromatic N) is 2. The van der Waals surface area contributed by atoms with Crippen molar-refractivity contribution in [3.05, 3.63) is 23.9 Å². The molecule has 0 amide bonds. The van der Waals surface area contributed by atoms with Crippen molar-refractivity contribution >= 4 is 11.9 Å². The van der Waals surface area contributed by atoms with Crippen molar-refractivity contribution < 1.29 is 4.79 Å². The highest BCUT2D eigenvalue weighted by Crippen LogP contribution is 2.07. The maximum Gasteiger partial charge on any atom is 0.242 e. The van der Waals surface area contributed by atoms with E-state index in [2.05, 4.69) is 9.98 Å². The number of pyridine rings is 1. The summed E-state index contributed by atoms with van der Waals surface area (Å²) in [4.78, 5) is 17.1. The molecule has 3 heteroatoms. The third-order valence-corrected chi connectivity index (χ3v) is 1.38. The van der Waals surface area contributed by atoms with Gasteiger partial charge in [-0.3, -0.25) is 0 Å². The number of aliphatic imine (C=N–C) groups is 1. The van der Waals surface area contributed by atoms with Gasteiger partial charge in [0.05, 0.1) is 0 Å². The van der Waals surface area contributed by atoms with Gasteiger partial charge in [0, 0.05) is 6.20 Å². The van der Waals surface area contributed by atoms with Crippen molar-refractivity contribution in [2.45, 2.75) is 13.3 Å². The fourth-order valence-electron chi connectivity index (χ4n) is 0.739. The lowest BCUT2D eigenvalue weighted by atomic mass is 10.2. The molecule has 0 aromatic carbocycles. The summed E-state index contributed by atoms with van der Waals surface area (Å²) >= 11 is 0. The zero-order valence-electron chi connectivity index (χ0n) is 6.24. The van der Waals surface area contributed by atoms with Crippen LogP contribution in [0, 0.1) is 0 Å². The van der Waals surface area contributed by atoms with Crippen LogP contribution in [0.25, 0.3) is 0 Å². The zero-order valence-corrected chi connectivity index (χ0v) is 6.24. The summed E-state index contributed by atoms with van der Waals surface area (Å²) in [5.74, 6) is 0.414. The molecule has 56 valence electrons. The summed E-state index contributed by atoms with van der Waals surface area (Å²) in [6, 6.07) is 3.59. The van der Waals surface area contributed by atoms with Crippen LogP contribution in [0.1, 0.15) is 12.5 Å². The van der Waals surface area contributed by atoms with Crippen molar-refractivity contribution in [3.63, 3.8) is 0 Å². The van der Waals surface area contributed by atoms with E-state index in [9.17, 15) is 4.79 Å². The van der Waals surface area contributed by atoms with Crippen LogP contribution in [0.3, 0.4) is 0 Å². The van der Waals surface area contributed by atoms with Gasteiger partial charge < -0.3 is 0 Å². The molecular formula is C8H8N2O. The summed E-state index contributed by atoms with van der Waals surface area (Å²) in [6.45, 7) is 2.04. The Morgan fingerprint density at radius 2 is 2.45 bits per heavy atom. The van der Waals surface area contributed by atoms with Crippen LogP contribution in [-0.4, -0.2) is 11.1 Å².